The fourth-order valence-electron chi connectivity index (χ4n) is 3.84. The molecule has 2 aliphatic heterocycles. The molecule has 0 spiro atoms. The van der Waals surface area contributed by atoms with Crippen LogP contribution in [0.1, 0.15) is 39.9 Å². The molecule has 4 rings (SSSR count). The van der Waals surface area contributed by atoms with E-state index >= 15 is 0 Å². The maximum absolute atomic E-state index is 14.3. The Hall–Kier alpha value is -3.69. The normalized spacial score (nSPS) is 18.4. The summed E-state index contributed by atoms with van der Waals surface area (Å²) >= 11 is 0. The van der Waals surface area contributed by atoms with E-state index < -0.39 is 41.1 Å². The van der Waals surface area contributed by atoms with E-state index in [0.29, 0.717) is 16.7 Å². The van der Waals surface area contributed by atoms with Crippen LogP contribution in [0.5, 0.6) is 0 Å². The second kappa shape index (κ2) is 8.10. The monoisotopic (exact) mass is 445 g/mol. The van der Waals surface area contributed by atoms with Crippen LogP contribution in [-0.2, 0) is 33.4 Å². The zero-order valence-corrected chi connectivity index (χ0v) is 16.7. The predicted molar refractivity (Wildman–Crippen MR) is 105 cm³/mol. The van der Waals surface area contributed by atoms with Crippen molar-refractivity contribution in [2.45, 2.75) is 37.9 Å². The third-order valence-corrected chi connectivity index (χ3v) is 5.54. The van der Waals surface area contributed by atoms with Gasteiger partial charge in [0.1, 0.15) is 11.9 Å². The lowest BCUT2D eigenvalue weighted by atomic mass is 10.0. The zero-order valence-electron chi connectivity index (χ0n) is 16.7. The van der Waals surface area contributed by atoms with Crippen molar-refractivity contribution in [2.24, 2.45) is 0 Å². The molecule has 166 valence electrons. The van der Waals surface area contributed by atoms with E-state index in [1.54, 1.807) is 12.1 Å². The maximum Gasteiger partial charge on any atom is 0.352 e. The van der Waals surface area contributed by atoms with Crippen molar-refractivity contribution < 1.29 is 32.3 Å². The SMILES string of the molecule is O=C1CCC(N2Cc3ccc(CNC(=O)C(F)(F)c4ccccc4F)cc3C2=O)C(=O)N1. The summed E-state index contributed by atoms with van der Waals surface area (Å²) in [6.45, 7) is -0.125. The molecule has 1 saturated heterocycles. The first-order valence-corrected chi connectivity index (χ1v) is 9.86. The van der Waals surface area contributed by atoms with Gasteiger partial charge in [0.2, 0.25) is 11.8 Å². The van der Waals surface area contributed by atoms with Gasteiger partial charge in [0, 0.05) is 25.1 Å². The van der Waals surface area contributed by atoms with Gasteiger partial charge in [-0.1, -0.05) is 24.3 Å². The van der Waals surface area contributed by atoms with Crippen molar-refractivity contribution >= 4 is 23.6 Å². The molecule has 2 N–H and O–H groups in total. The number of imide groups is 1. The van der Waals surface area contributed by atoms with Crippen molar-refractivity contribution in [2.75, 3.05) is 0 Å². The largest absolute Gasteiger partial charge is 0.352 e. The van der Waals surface area contributed by atoms with Gasteiger partial charge in [-0.3, -0.25) is 24.5 Å². The number of carbonyl (C=O) groups is 4. The summed E-state index contributed by atoms with van der Waals surface area (Å²) in [7, 11) is 0. The van der Waals surface area contributed by atoms with Crippen LogP contribution < -0.4 is 10.6 Å². The summed E-state index contributed by atoms with van der Waals surface area (Å²) in [6, 6.07) is 8.02. The first kappa shape index (κ1) is 21.5. The van der Waals surface area contributed by atoms with Crippen LogP contribution >= 0.6 is 0 Å². The van der Waals surface area contributed by atoms with E-state index in [2.05, 4.69) is 10.6 Å². The average molecular weight is 445 g/mol. The molecule has 1 unspecified atom stereocenters. The topological polar surface area (TPSA) is 95.6 Å². The molecule has 2 aliphatic rings. The van der Waals surface area contributed by atoms with Gasteiger partial charge in [0.25, 0.3) is 11.8 Å². The Bertz CT molecular complexity index is 1140. The number of amides is 4. The Morgan fingerprint density at radius 2 is 1.91 bits per heavy atom. The number of benzene rings is 2. The van der Waals surface area contributed by atoms with Crippen LogP contribution in [0.4, 0.5) is 13.2 Å². The molecular formula is C22H18F3N3O4. The zero-order chi connectivity index (χ0) is 23.0. The Balaban J connectivity index is 1.45. The minimum absolute atomic E-state index is 0.129. The third-order valence-electron chi connectivity index (χ3n) is 5.54. The minimum atomic E-state index is -4.07. The first-order valence-electron chi connectivity index (χ1n) is 9.86. The number of halogens is 3. The predicted octanol–water partition coefficient (Wildman–Crippen LogP) is 1.99. The quantitative estimate of drug-likeness (QED) is 0.689. The molecule has 1 fully saturated rings. The van der Waals surface area contributed by atoms with Gasteiger partial charge in [-0.25, -0.2) is 4.39 Å². The lowest BCUT2D eigenvalue weighted by Gasteiger charge is -2.29. The van der Waals surface area contributed by atoms with Crippen LogP contribution in [0.15, 0.2) is 42.5 Å². The van der Waals surface area contributed by atoms with E-state index in [1.807, 2.05) is 0 Å². The Morgan fingerprint density at radius 3 is 2.62 bits per heavy atom. The molecule has 2 aromatic rings. The maximum atomic E-state index is 14.3. The van der Waals surface area contributed by atoms with E-state index in [4.69, 9.17) is 0 Å². The van der Waals surface area contributed by atoms with Crippen LogP contribution in [-0.4, -0.2) is 34.6 Å². The molecule has 32 heavy (non-hydrogen) atoms. The number of hydrogen-bond donors (Lipinski definition) is 2. The average Bonchev–Trinajstić information content (AvgIpc) is 3.08. The van der Waals surface area contributed by atoms with Crippen molar-refractivity contribution in [1.82, 2.24) is 15.5 Å². The number of alkyl halides is 2. The minimum Gasteiger partial charge on any atom is -0.346 e. The number of carbonyl (C=O) groups excluding carboxylic acids is 4. The van der Waals surface area contributed by atoms with Crippen molar-refractivity contribution in [1.29, 1.82) is 0 Å². The molecular weight excluding hydrogens is 427 g/mol. The Morgan fingerprint density at radius 1 is 1.16 bits per heavy atom. The molecule has 0 bridgehead atoms. The highest BCUT2D eigenvalue weighted by molar-refractivity contribution is 6.05. The second-order valence-electron chi connectivity index (χ2n) is 7.63. The molecule has 4 amide bonds. The molecule has 2 heterocycles. The number of hydrogen-bond acceptors (Lipinski definition) is 4. The summed E-state index contributed by atoms with van der Waals surface area (Å²) in [5.74, 6) is -8.27. The third kappa shape index (κ3) is 3.83. The van der Waals surface area contributed by atoms with Gasteiger partial charge in [0.15, 0.2) is 0 Å². The van der Waals surface area contributed by atoms with E-state index in [9.17, 15) is 32.3 Å². The van der Waals surface area contributed by atoms with Crippen molar-refractivity contribution in [3.05, 3.63) is 70.5 Å². The van der Waals surface area contributed by atoms with Crippen molar-refractivity contribution in [3.8, 4) is 0 Å². The highest BCUT2D eigenvalue weighted by atomic mass is 19.3. The standard InChI is InChI=1S/C22H18F3N3O4/c23-16-4-2-1-3-15(16)22(24,25)21(32)26-10-12-5-6-13-11-28(20(31)14(13)9-12)17-7-8-18(29)27-19(17)30/h1-6,9,17H,7-8,10-11H2,(H,26,32)(H,27,29,30). The summed E-state index contributed by atoms with van der Waals surface area (Å²) in [6.07, 6.45) is 0.350. The summed E-state index contributed by atoms with van der Waals surface area (Å²) < 4.78 is 42.4. The molecule has 1 atom stereocenters. The van der Waals surface area contributed by atoms with E-state index in [-0.39, 0.29) is 31.8 Å². The fraction of sp³-hybridized carbons (Fsp3) is 0.273. The van der Waals surface area contributed by atoms with Crippen LogP contribution in [0.2, 0.25) is 0 Å². The smallest absolute Gasteiger partial charge is 0.346 e. The molecule has 0 aromatic heterocycles. The molecule has 0 saturated carbocycles. The van der Waals surface area contributed by atoms with E-state index in [0.717, 1.165) is 12.1 Å². The van der Waals surface area contributed by atoms with Gasteiger partial charge in [-0.05, 0) is 35.7 Å². The number of piperidine rings is 1. The molecule has 2 aromatic carbocycles. The van der Waals surface area contributed by atoms with Crippen LogP contribution in [0.25, 0.3) is 0 Å². The summed E-state index contributed by atoms with van der Waals surface area (Å²) in [5, 5.41) is 4.29. The second-order valence-corrected chi connectivity index (χ2v) is 7.63. The lowest BCUT2D eigenvalue weighted by molar-refractivity contribution is -0.147. The number of nitrogens with zero attached hydrogens (tertiary/aromatic N) is 1. The number of fused-ring (bicyclic) bond motifs is 1. The van der Waals surface area contributed by atoms with Crippen LogP contribution in [0.3, 0.4) is 0 Å². The van der Waals surface area contributed by atoms with Gasteiger partial charge in [-0.15, -0.1) is 0 Å². The molecule has 10 heteroatoms. The molecule has 0 aliphatic carbocycles. The highest BCUT2D eigenvalue weighted by Gasteiger charge is 2.43. The Kier molecular flexibility index (Phi) is 5.45. The summed E-state index contributed by atoms with van der Waals surface area (Å²) in [5.41, 5.74) is 0.301. The highest BCUT2D eigenvalue weighted by Crippen LogP contribution is 2.31. The van der Waals surface area contributed by atoms with Gasteiger partial charge < -0.3 is 10.2 Å². The summed E-state index contributed by atoms with van der Waals surface area (Å²) in [4.78, 5) is 49.6. The lowest BCUT2D eigenvalue weighted by Crippen LogP contribution is -2.52. The van der Waals surface area contributed by atoms with Gasteiger partial charge >= 0.3 is 5.92 Å². The van der Waals surface area contributed by atoms with E-state index in [1.165, 1.54) is 23.1 Å². The number of nitrogens with one attached hydrogen (secondary N) is 2. The van der Waals surface area contributed by atoms with Gasteiger partial charge in [-0.2, -0.15) is 8.78 Å². The molecule has 0 radical (unpaired) electrons. The van der Waals surface area contributed by atoms with Crippen LogP contribution in [0, 0.1) is 5.82 Å². The van der Waals surface area contributed by atoms with Crippen molar-refractivity contribution in [3.63, 3.8) is 0 Å². The van der Waals surface area contributed by atoms with Gasteiger partial charge in [0.05, 0.1) is 5.56 Å². The number of rotatable bonds is 5. The Labute approximate surface area is 180 Å². The first-order chi connectivity index (χ1) is 15.2. The fourth-order valence-corrected chi connectivity index (χ4v) is 3.84. The molecule has 7 nitrogen and oxygen atoms in total.